The van der Waals surface area contributed by atoms with Crippen LogP contribution in [0.3, 0.4) is 0 Å². The highest BCUT2D eigenvalue weighted by molar-refractivity contribution is 7.88. The van der Waals surface area contributed by atoms with Crippen LogP contribution >= 0.6 is 0 Å². The number of likely N-dealkylation sites (tertiary alicyclic amines) is 1. The largest absolute Gasteiger partial charge is 0.354 e. The molecule has 0 spiro atoms. The van der Waals surface area contributed by atoms with Crippen molar-refractivity contribution in [1.82, 2.24) is 14.9 Å². The number of benzene rings is 1. The van der Waals surface area contributed by atoms with Crippen molar-refractivity contribution < 1.29 is 18.0 Å². The minimum Gasteiger partial charge on any atom is -0.354 e. The maximum absolute atomic E-state index is 13.0. The van der Waals surface area contributed by atoms with Crippen LogP contribution in [0.5, 0.6) is 0 Å². The number of hydrogen-bond donors (Lipinski definition) is 3. The van der Waals surface area contributed by atoms with Gasteiger partial charge in [-0.25, -0.2) is 13.1 Å². The summed E-state index contributed by atoms with van der Waals surface area (Å²) >= 11 is 0. The Kier molecular flexibility index (Phi) is 8.45. The van der Waals surface area contributed by atoms with Crippen LogP contribution in [0.1, 0.15) is 50.5 Å². The topological polar surface area (TPSA) is 122 Å². The Labute approximate surface area is 185 Å². The number of nitrogens with zero attached hydrogens (tertiary/aromatic N) is 1. The lowest BCUT2D eigenvalue weighted by Crippen LogP contribution is -2.50. The molecule has 1 aromatic rings. The molecule has 0 bridgehead atoms. The Morgan fingerprint density at radius 1 is 1.06 bits per heavy atom. The third-order valence-corrected chi connectivity index (χ3v) is 7.47. The molecule has 1 aliphatic heterocycles. The molecular weight excluding hydrogens is 416 g/mol. The Balaban J connectivity index is 1.52. The van der Waals surface area contributed by atoms with E-state index in [0.29, 0.717) is 31.0 Å². The first-order chi connectivity index (χ1) is 14.8. The molecule has 1 saturated heterocycles. The summed E-state index contributed by atoms with van der Waals surface area (Å²) in [7, 11) is -3.67. The van der Waals surface area contributed by atoms with Crippen molar-refractivity contribution in [1.29, 1.82) is 0 Å². The van der Waals surface area contributed by atoms with Crippen LogP contribution in [-0.4, -0.2) is 56.9 Å². The van der Waals surface area contributed by atoms with Gasteiger partial charge in [-0.3, -0.25) is 9.59 Å². The Morgan fingerprint density at radius 2 is 1.77 bits per heavy atom. The van der Waals surface area contributed by atoms with Crippen molar-refractivity contribution >= 4 is 21.8 Å². The minimum absolute atomic E-state index is 0.0397. The molecule has 1 unspecified atom stereocenters. The summed E-state index contributed by atoms with van der Waals surface area (Å²) in [5.74, 6) is -0.270. The van der Waals surface area contributed by atoms with Crippen molar-refractivity contribution in [3.8, 4) is 0 Å². The molecule has 9 heteroatoms. The molecule has 8 nitrogen and oxygen atoms in total. The molecule has 2 amide bonds. The van der Waals surface area contributed by atoms with Crippen LogP contribution in [-0.2, 0) is 25.4 Å². The van der Waals surface area contributed by atoms with E-state index in [2.05, 4.69) is 10.0 Å². The third kappa shape index (κ3) is 7.59. The second-order valence-electron chi connectivity index (χ2n) is 8.76. The smallest absolute Gasteiger partial charge is 0.241 e. The van der Waals surface area contributed by atoms with Gasteiger partial charge in [-0.15, -0.1) is 0 Å². The second-order valence-corrected chi connectivity index (χ2v) is 10.5. The summed E-state index contributed by atoms with van der Waals surface area (Å²) in [5.41, 5.74) is 6.59. The third-order valence-electron chi connectivity index (χ3n) is 6.12. The quantitative estimate of drug-likeness (QED) is 0.548. The molecule has 1 saturated carbocycles. The molecule has 1 heterocycles. The molecule has 0 radical (unpaired) electrons. The molecule has 31 heavy (non-hydrogen) atoms. The first-order valence-electron chi connectivity index (χ1n) is 11.2. The van der Waals surface area contributed by atoms with Gasteiger partial charge in [0.05, 0.1) is 12.3 Å². The highest BCUT2D eigenvalue weighted by Gasteiger charge is 2.31. The lowest BCUT2D eigenvalue weighted by atomic mass is 9.86. The van der Waals surface area contributed by atoms with Crippen molar-refractivity contribution in [2.75, 3.05) is 19.6 Å². The van der Waals surface area contributed by atoms with Crippen molar-refractivity contribution in [2.45, 2.75) is 62.8 Å². The Bertz CT molecular complexity index is 838. The molecule has 1 aliphatic carbocycles. The SMILES string of the molecule is NC1CCC(CNC(=O)CN2CCCCC(NS(=O)(=O)Cc3ccccc3)C2=O)CC1. The minimum atomic E-state index is -3.67. The number of amides is 2. The summed E-state index contributed by atoms with van der Waals surface area (Å²) in [5, 5.41) is 2.94. The molecule has 172 valence electrons. The molecule has 4 N–H and O–H groups in total. The van der Waals surface area contributed by atoms with Gasteiger partial charge in [0, 0.05) is 19.1 Å². The fourth-order valence-corrected chi connectivity index (χ4v) is 5.67. The zero-order valence-electron chi connectivity index (χ0n) is 18.0. The van der Waals surface area contributed by atoms with E-state index >= 15 is 0 Å². The maximum Gasteiger partial charge on any atom is 0.241 e. The summed E-state index contributed by atoms with van der Waals surface area (Å²) in [6, 6.07) is 8.31. The number of carbonyl (C=O) groups excluding carboxylic acids is 2. The Hall–Kier alpha value is -1.97. The average Bonchev–Trinajstić information content (AvgIpc) is 2.89. The predicted octanol–water partition coefficient (Wildman–Crippen LogP) is 1.12. The standard InChI is InChI=1S/C22H34N4O4S/c23-19-11-9-17(10-12-19)14-24-21(27)15-26-13-5-4-8-20(22(26)28)25-31(29,30)16-18-6-2-1-3-7-18/h1-3,6-7,17,19-20,25H,4-5,8-16,23H2,(H,24,27). The highest BCUT2D eigenvalue weighted by atomic mass is 32.2. The molecule has 3 rings (SSSR count). The van der Waals surface area contributed by atoms with Gasteiger partial charge in [0.25, 0.3) is 0 Å². The van der Waals surface area contributed by atoms with Crippen LogP contribution in [0.4, 0.5) is 0 Å². The van der Waals surface area contributed by atoms with E-state index in [1.54, 1.807) is 24.3 Å². The van der Waals surface area contributed by atoms with Crippen molar-refractivity contribution in [3.63, 3.8) is 0 Å². The van der Waals surface area contributed by atoms with Crippen LogP contribution < -0.4 is 15.8 Å². The van der Waals surface area contributed by atoms with Crippen LogP contribution in [0.2, 0.25) is 0 Å². The number of sulfonamides is 1. The fraction of sp³-hybridized carbons (Fsp3) is 0.636. The summed E-state index contributed by atoms with van der Waals surface area (Å²) in [4.78, 5) is 26.9. The molecular formula is C22H34N4O4S. The van der Waals surface area contributed by atoms with Gasteiger partial charge >= 0.3 is 0 Å². The summed E-state index contributed by atoms with van der Waals surface area (Å²) in [6.45, 7) is 1.02. The van der Waals surface area contributed by atoms with E-state index in [9.17, 15) is 18.0 Å². The first-order valence-corrected chi connectivity index (χ1v) is 12.8. The summed E-state index contributed by atoms with van der Waals surface area (Å²) < 4.78 is 27.7. The fourth-order valence-electron chi connectivity index (χ4n) is 4.30. The number of nitrogens with two attached hydrogens (primary N) is 1. The highest BCUT2D eigenvalue weighted by Crippen LogP contribution is 2.22. The maximum atomic E-state index is 13.0. The lowest BCUT2D eigenvalue weighted by Gasteiger charge is -2.27. The van der Waals surface area contributed by atoms with E-state index in [1.807, 2.05) is 6.07 Å². The first kappa shape index (κ1) is 23.7. The van der Waals surface area contributed by atoms with Gasteiger partial charge in [0.1, 0.15) is 6.04 Å². The van der Waals surface area contributed by atoms with E-state index in [0.717, 1.165) is 38.5 Å². The predicted molar refractivity (Wildman–Crippen MR) is 119 cm³/mol. The number of nitrogens with one attached hydrogen (secondary N) is 2. The zero-order valence-corrected chi connectivity index (χ0v) is 18.8. The van der Waals surface area contributed by atoms with Gasteiger partial charge in [-0.2, -0.15) is 0 Å². The molecule has 2 aliphatic rings. The van der Waals surface area contributed by atoms with Gasteiger partial charge < -0.3 is 16.0 Å². The molecule has 0 aromatic heterocycles. The van der Waals surface area contributed by atoms with Crippen molar-refractivity contribution in [2.24, 2.45) is 11.7 Å². The van der Waals surface area contributed by atoms with E-state index in [4.69, 9.17) is 5.73 Å². The summed E-state index contributed by atoms with van der Waals surface area (Å²) in [6.07, 6.45) is 5.89. The van der Waals surface area contributed by atoms with Gasteiger partial charge in [0.2, 0.25) is 21.8 Å². The van der Waals surface area contributed by atoms with Gasteiger partial charge in [0.15, 0.2) is 0 Å². The van der Waals surface area contributed by atoms with E-state index in [-0.39, 0.29) is 30.2 Å². The average molecular weight is 451 g/mol. The molecule has 1 aromatic carbocycles. The van der Waals surface area contributed by atoms with Crippen molar-refractivity contribution in [3.05, 3.63) is 35.9 Å². The monoisotopic (exact) mass is 450 g/mol. The van der Waals surface area contributed by atoms with Crippen LogP contribution in [0.25, 0.3) is 0 Å². The normalized spacial score (nSPS) is 25.1. The molecule has 1 atom stereocenters. The molecule has 2 fully saturated rings. The van der Waals surface area contributed by atoms with E-state index < -0.39 is 16.1 Å². The van der Waals surface area contributed by atoms with Crippen LogP contribution in [0, 0.1) is 5.92 Å². The number of carbonyl (C=O) groups is 2. The zero-order chi connectivity index (χ0) is 22.3. The Morgan fingerprint density at radius 3 is 2.48 bits per heavy atom. The lowest BCUT2D eigenvalue weighted by molar-refractivity contribution is -0.137. The van der Waals surface area contributed by atoms with E-state index in [1.165, 1.54) is 4.90 Å². The van der Waals surface area contributed by atoms with Gasteiger partial charge in [-0.05, 0) is 56.4 Å². The van der Waals surface area contributed by atoms with Gasteiger partial charge in [-0.1, -0.05) is 30.3 Å². The van der Waals surface area contributed by atoms with Crippen LogP contribution in [0.15, 0.2) is 30.3 Å². The number of rotatable bonds is 8. The second kappa shape index (κ2) is 11.1. The number of hydrogen-bond acceptors (Lipinski definition) is 5.